The first-order valence-electron chi connectivity index (χ1n) is 6.12. The lowest BCUT2D eigenvalue weighted by Crippen LogP contribution is -2.26. The molecule has 2 aromatic rings. The number of hydrogen-bond donors (Lipinski definition) is 1. The van der Waals surface area contributed by atoms with Gasteiger partial charge in [-0.1, -0.05) is 17.7 Å². The van der Waals surface area contributed by atoms with E-state index in [4.69, 9.17) is 17.3 Å². The Balaban J connectivity index is 2.34. The van der Waals surface area contributed by atoms with Gasteiger partial charge in [0.25, 0.3) is 5.56 Å². The highest BCUT2D eigenvalue weighted by atomic mass is 35.5. The Hall–Kier alpha value is -1.39. The smallest absolute Gasteiger partial charge is 0.263 e. The summed E-state index contributed by atoms with van der Waals surface area (Å²) in [6, 6.07) is 5.64. The van der Waals surface area contributed by atoms with E-state index >= 15 is 0 Å². The molecule has 94 valence electrons. The number of halogens is 1. The van der Waals surface area contributed by atoms with Crippen LogP contribution in [0.1, 0.15) is 24.7 Å². The molecule has 1 fully saturated rings. The summed E-state index contributed by atoms with van der Waals surface area (Å²) in [5.74, 6) is 0.778. The Labute approximate surface area is 109 Å². The van der Waals surface area contributed by atoms with E-state index < -0.39 is 0 Å². The number of rotatable bonds is 3. The molecular weight excluding hydrogens is 250 g/mol. The highest BCUT2D eigenvalue weighted by Gasteiger charge is 2.28. The Morgan fingerprint density at radius 1 is 1.44 bits per heavy atom. The first-order valence-corrected chi connectivity index (χ1v) is 6.50. The quantitative estimate of drug-likeness (QED) is 0.920. The molecule has 0 amide bonds. The third-order valence-corrected chi connectivity index (χ3v) is 3.55. The minimum Gasteiger partial charge on any atom is -0.330 e. The van der Waals surface area contributed by atoms with E-state index in [0.29, 0.717) is 28.9 Å². The summed E-state index contributed by atoms with van der Waals surface area (Å²) in [5.41, 5.74) is 6.22. The van der Waals surface area contributed by atoms with Gasteiger partial charge in [-0.05, 0) is 31.5 Å². The molecule has 18 heavy (non-hydrogen) atoms. The summed E-state index contributed by atoms with van der Waals surface area (Å²) in [4.78, 5) is 17.1. The molecular formula is C13H14ClN3O. The third kappa shape index (κ3) is 1.82. The number of benzene rings is 1. The van der Waals surface area contributed by atoms with Crippen molar-refractivity contribution in [1.82, 2.24) is 9.55 Å². The molecule has 0 unspecified atom stereocenters. The summed E-state index contributed by atoms with van der Waals surface area (Å²) in [5, 5.41) is 0.991. The van der Waals surface area contributed by atoms with Gasteiger partial charge >= 0.3 is 0 Å². The molecule has 0 atom stereocenters. The highest BCUT2D eigenvalue weighted by molar-refractivity contribution is 6.35. The van der Waals surface area contributed by atoms with Crippen LogP contribution in [0.25, 0.3) is 10.9 Å². The van der Waals surface area contributed by atoms with Crippen molar-refractivity contribution in [3.05, 3.63) is 39.4 Å². The van der Waals surface area contributed by atoms with Crippen LogP contribution in [0.3, 0.4) is 0 Å². The number of nitrogens with two attached hydrogens (primary N) is 1. The Bertz CT molecular complexity index is 661. The fraction of sp³-hybridized carbons (Fsp3) is 0.385. The molecule has 5 heteroatoms. The van der Waals surface area contributed by atoms with Gasteiger partial charge in [0.1, 0.15) is 5.82 Å². The van der Waals surface area contributed by atoms with E-state index in [1.54, 1.807) is 10.6 Å². The van der Waals surface area contributed by atoms with Crippen LogP contribution in [0.5, 0.6) is 0 Å². The zero-order valence-electron chi connectivity index (χ0n) is 9.90. The van der Waals surface area contributed by atoms with Gasteiger partial charge in [0.05, 0.1) is 15.9 Å². The van der Waals surface area contributed by atoms with Crippen LogP contribution in [0.2, 0.25) is 5.02 Å². The maximum absolute atomic E-state index is 12.5. The van der Waals surface area contributed by atoms with Gasteiger partial charge in [-0.15, -0.1) is 0 Å². The fourth-order valence-corrected chi connectivity index (χ4v) is 2.51. The lowest BCUT2D eigenvalue weighted by atomic mass is 10.2. The van der Waals surface area contributed by atoms with E-state index in [0.717, 1.165) is 18.7 Å². The van der Waals surface area contributed by atoms with Crippen LogP contribution in [-0.2, 0) is 6.42 Å². The second-order valence-electron chi connectivity index (χ2n) is 4.61. The molecule has 0 bridgehead atoms. The lowest BCUT2D eigenvalue weighted by Gasteiger charge is -2.12. The van der Waals surface area contributed by atoms with Gasteiger partial charge < -0.3 is 5.73 Å². The molecule has 0 radical (unpaired) electrons. The molecule has 1 aliphatic carbocycles. The predicted octanol–water partition coefficient (Wildman–Crippen LogP) is 1.89. The number of nitrogens with zero attached hydrogens (tertiary/aromatic N) is 2. The van der Waals surface area contributed by atoms with Crippen LogP contribution < -0.4 is 11.3 Å². The van der Waals surface area contributed by atoms with Gasteiger partial charge in [0.2, 0.25) is 0 Å². The van der Waals surface area contributed by atoms with Crippen molar-refractivity contribution in [2.45, 2.75) is 25.3 Å². The standard InChI is InChI=1S/C13H14ClN3O/c14-9-2-1-3-10-12(9)13(18)17(8-4-5-8)11(16-10)6-7-15/h1-3,8H,4-7,15H2. The van der Waals surface area contributed by atoms with Crippen molar-refractivity contribution in [2.75, 3.05) is 6.54 Å². The Morgan fingerprint density at radius 3 is 2.89 bits per heavy atom. The van der Waals surface area contributed by atoms with Crippen molar-refractivity contribution in [1.29, 1.82) is 0 Å². The minimum atomic E-state index is -0.0310. The van der Waals surface area contributed by atoms with Crippen LogP contribution in [0.4, 0.5) is 0 Å². The third-order valence-electron chi connectivity index (χ3n) is 3.23. The highest BCUT2D eigenvalue weighted by Crippen LogP contribution is 2.35. The topological polar surface area (TPSA) is 60.9 Å². The zero-order valence-corrected chi connectivity index (χ0v) is 10.7. The molecule has 1 aromatic carbocycles. The first kappa shape index (κ1) is 11.7. The van der Waals surface area contributed by atoms with Gasteiger partial charge in [0, 0.05) is 12.5 Å². The molecule has 1 aliphatic rings. The van der Waals surface area contributed by atoms with Crippen LogP contribution in [-0.4, -0.2) is 16.1 Å². The first-order chi connectivity index (χ1) is 8.72. The minimum absolute atomic E-state index is 0.0310. The summed E-state index contributed by atoms with van der Waals surface area (Å²) >= 11 is 6.11. The fourth-order valence-electron chi connectivity index (χ4n) is 2.26. The molecule has 0 saturated heterocycles. The second-order valence-corrected chi connectivity index (χ2v) is 5.01. The van der Waals surface area contributed by atoms with Crippen LogP contribution in [0, 0.1) is 0 Å². The molecule has 1 heterocycles. The van der Waals surface area contributed by atoms with E-state index in [2.05, 4.69) is 4.98 Å². The van der Waals surface area contributed by atoms with Crippen molar-refractivity contribution >= 4 is 22.5 Å². The van der Waals surface area contributed by atoms with E-state index in [-0.39, 0.29) is 11.6 Å². The zero-order chi connectivity index (χ0) is 12.7. The lowest BCUT2D eigenvalue weighted by molar-refractivity contribution is 0.638. The molecule has 1 saturated carbocycles. The summed E-state index contributed by atoms with van der Waals surface area (Å²) < 4.78 is 1.78. The van der Waals surface area contributed by atoms with Gasteiger partial charge in [-0.2, -0.15) is 0 Å². The van der Waals surface area contributed by atoms with E-state index in [1.165, 1.54) is 0 Å². The van der Waals surface area contributed by atoms with Crippen LogP contribution in [0.15, 0.2) is 23.0 Å². The second kappa shape index (κ2) is 4.37. The predicted molar refractivity (Wildman–Crippen MR) is 72.0 cm³/mol. The van der Waals surface area contributed by atoms with Crippen molar-refractivity contribution in [2.24, 2.45) is 5.73 Å². The van der Waals surface area contributed by atoms with Crippen molar-refractivity contribution < 1.29 is 0 Å². The molecule has 0 spiro atoms. The number of hydrogen-bond acceptors (Lipinski definition) is 3. The van der Waals surface area contributed by atoms with Gasteiger partial charge in [-0.25, -0.2) is 4.98 Å². The molecule has 1 aromatic heterocycles. The van der Waals surface area contributed by atoms with Gasteiger partial charge in [-0.3, -0.25) is 9.36 Å². The summed E-state index contributed by atoms with van der Waals surface area (Å²) in [7, 11) is 0. The van der Waals surface area contributed by atoms with E-state index in [9.17, 15) is 4.79 Å². The van der Waals surface area contributed by atoms with E-state index in [1.807, 2.05) is 12.1 Å². The SMILES string of the molecule is NCCc1nc2cccc(Cl)c2c(=O)n1C1CC1. The van der Waals surface area contributed by atoms with Crippen LogP contribution >= 0.6 is 11.6 Å². The maximum atomic E-state index is 12.5. The Morgan fingerprint density at radius 2 is 2.22 bits per heavy atom. The normalized spacial score (nSPS) is 15.2. The average molecular weight is 264 g/mol. The van der Waals surface area contributed by atoms with Gasteiger partial charge in [0.15, 0.2) is 0 Å². The Kier molecular flexibility index (Phi) is 2.84. The number of aromatic nitrogens is 2. The molecule has 2 N–H and O–H groups in total. The maximum Gasteiger partial charge on any atom is 0.263 e. The number of fused-ring (bicyclic) bond motifs is 1. The molecule has 0 aliphatic heterocycles. The largest absolute Gasteiger partial charge is 0.330 e. The molecule has 4 nitrogen and oxygen atoms in total. The summed E-state index contributed by atoms with van der Waals surface area (Å²) in [6.07, 6.45) is 2.69. The monoisotopic (exact) mass is 263 g/mol. The molecule has 3 rings (SSSR count). The summed E-state index contributed by atoms with van der Waals surface area (Å²) in [6.45, 7) is 0.491. The van der Waals surface area contributed by atoms with Crippen molar-refractivity contribution in [3.63, 3.8) is 0 Å². The van der Waals surface area contributed by atoms with Crippen molar-refractivity contribution in [3.8, 4) is 0 Å². The average Bonchev–Trinajstić information content (AvgIpc) is 3.13.